The summed E-state index contributed by atoms with van der Waals surface area (Å²) in [5, 5.41) is 6.15. The molecule has 2 rings (SSSR count). The van der Waals surface area contributed by atoms with Gasteiger partial charge in [0.25, 0.3) is 0 Å². The molecular formula is C18H23N5OS. The number of carbonyl (C=O) groups is 1. The Hall–Kier alpha value is -2.38. The molecule has 0 spiro atoms. The third-order valence-electron chi connectivity index (χ3n) is 3.23. The average Bonchev–Trinajstić information content (AvgIpc) is 2.55. The molecule has 0 atom stereocenters. The molecule has 1 aromatic carbocycles. The largest absolute Gasteiger partial charge is 0.339 e. The van der Waals surface area contributed by atoms with E-state index in [0.29, 0.717) is 5.82 Å². The van der Waals surface area contributed by atoms with Crippen LogP contribution in [0.5, 0.6) is 0 Å². The van der Waals surface area contributed by atoms with Gasteiger partial charge in [-0.05, 0) is 45.5 Å². The zero-order valence-electron chi connectivity index (χ0n) is 14.9. The van der Waals surface area contributed by atoms with Crippen molar-refractivity contribution in [2.45, 2.75) is 11.8 Å². The standard InChI is InChI=1S/C18H23N5OS/c1-13-19-12-16(25-4)18(20-13)22-15-8-5-7-14(11-15)21-17(24)9-6-10-23(2)3/h5-9,11-12H,10H2,1-4H3,(H,21,24)(H,19,20,22)/b9-6+. The Bertz CT molecular complexity index is 761. The maximum Gasteiger partial charge on any atom is 0.248 e. The normalized spacial score (nSPS) is 11.1. The lowest BCUT2D eigenvalue weighted by Crippen LogP contribution is -2.13. The third-order valence-corrected chi connectivity index (χ3v) is 3.97. The second kappa shape index (κ2) is 9.19. The monoisotopic (exact) mass is 357 g/mol. The average molecular weight is 357 g/mol. The van der Waals surface area contributed by atoms with E-state index in [1.165, 1.54) is 0 Å². The number of nitrogens with one attached hydrogen (secondary N) is 2. The number of anilines is 3. The number of nitrogens with zero attached hydrogens (tertiary/aromatic N) is 3. The predicted molar refractivity (Wildman–Crippen MR) is 105 cm³/mol. The van der Waals surface area contributed by atoms with Crippen LogP contribution in [0.4, 0.5) is 17.2 Å². The molecule has 2 N–H and O–H groups in total. The molecule has 6 nitrogen and oxygen atoms in total. The van der Waals surface area contributed by atoms with Crippen molar-refractivity contribution in [2.75, 3.05) is 37.5 Å². The second-order valence-corrected chi connectivity index (χ2v) is 6.54. The molecule has 0 aliphatic heterocycles. The lowest BCUT2D eigenvalue weighted by atomic mass is 10.2. The summed E-state index contributed by atoms with van der Waals surface area (Å²) in [5.41, 5.74) is 1.57. The first-order valence-corrected chi connectivity index (χ1v) is 9.07. The zero-order chi connectivity index (χ0) is 18.2. The summed E-state index contributed by atoms with van der Waals surface area (Å²) in [6.07, 6.45) is 7.15. The smallest absolute Gasteiger partial charge is 0.248 e. The third kappa shape index (κ3) is 6.21. The van der Waals surface area contributed by atoms with Gasteiger partial charge >= 0.3 is 0 Å². The fourth-order valence-corrected chi connectivity index (χ4v) is 2.51. The van der Waals surface area contributed by atoms with Crippen molar-refractivity contribution in [3.8, 4) is 0 Å². The van der Waals surface area contributed by atoms with Gasteiger partial charge in [0.05, 0.1) is 4.90 Å². The van der Waals surface area contributed by atoms with Crippen molar-refractivity contribution < 1.29 is 4.79 Å². The van der Waals surface area contributed by atoms with Gasteiger partial charge in [-0.1, -0.05) is 12.1 Å². The van der Waals surface area contributed by atoms with Crippen LogP contribution in [0.25, 0.3) is 0 Å². The fraction of sp³-hybridized carbons (Fsp3) is 0.278. The van der Waals surface area contributed by atoms with Crippen molar-refractivity contribution in [3.63, 3.8) is 0 Å². The lowest BCUT2D eigenvalue weighted by molar-refractivity contribution is -0.111. The number of aromatic nitrogens is 2. The summed E-state index contributed by atoms with van der Waals surface area (Å²) >= 11 is 1.58. The van der Waals surface area contributed by atoms with Crippen molar-refractivity contribution in [2.24, 2.45) is 0 Å². The molecule has 25 heavy (non-hydrogen) atoms. The van der Waals surface area contributed by atoms with Crippen LogP contribution in [-0.4, -0.2) is 47.7 Å². The number of likely N-dealkylation sites (N-methyl/N-ethyl adjacent to an activating group) is 1. The summed E-state index contributed by atoms with van der Waals surface area (Å²) in [4.78, 5) is 23.6. The van der Waals surface area contributed by atoms with Gasteiger partial charge in [-0.3, -0.25) is 4.79 Å². The predicted octanol–water partition coefficient (Wildman–Crippen LogP) is 3.31. The van der Waals surface area contributed by atoms with E-state index in [4.69, 9.17) is 0 Å². The Morgan fingerprint density at radius 3 is 2.80 bits per heavy atom. The lowest BCUT2D eigenvalue weighted by Gasteiger charge is -2.11. The van der Waals surface area contributed by atoms with Gasteiger partial charge in [0, 0.05) is 30.2 Å². The minimum Gasteiger partial charge on any atom is -0.339 e. The Kier molecular flexibility index (Phi) is 6.97. The molecule has 1 amide bonds. The highest BCUT2D eigenvalue weighted by molar-refractivity contribution is 7.98. The highest BCUT2D eigenvalue weighted by Crippen LogP contribution is 2.26. The number of benzene rings is 1. The molecule has 1 heterocycles. The van der Waals surface area contributed by atoms with Gasteiger partial charge in [-0.2, -0.15) is 0 Å². The highest BCUT2D eigenvalue weighted by Gasteiger charge is 2.06. The molecule has 132 valence electrons. The highest BCUT2D eigenvalue weighted by atomic mass is 32.2. The molecular weight excluding hydrogens is 334 g/mol. The van der Waals surface area contributed by atoms with E-state index in [-0.39, 0.29) is 5.91 Å². The molecule has 0 fully saturated rings. The number of hydrogen-bond donors (Lipinski definition) is 2. The Morgan fingerprint density at radius 2 is 2.08 bits per heavy atom. The minimum absolute atomic E-state index is 0.151. The number of hydrogen-bond acceptors (Lipinski definition) is 6. The first-order chi connectivity index (χ1) is 12.0. The molecule has 0 aliphatic rings. The van der Waals surface area contributed by atoms with Crippen LogP contribution in [0.15, 0.2) is 47.5 Å². The van der Waals surface area contributed by atoms with Crippen LogP contribution in [0, 0.1) is 6.92 Å². The summed E-state index contributed by atoms with van der Waals surface area (Å²) in [6.45, 7) is 2.57. The topological polar surface area (TPSA) is 70.1 Å². The van der Waals surface area contributed by atoms with Crippen molar-refractivity contribution in [1.82, 2.24) is 14.9 Å². The maximum absolute atomic E-state index is 11.9. The van der Waals surface area contributed by atoms with E-state index in [1.807, 2.05) is 62.5 Å². The van der Waals surface area contributed by atoms with Gasteiger partial charge in [-0.25, -0.2) is 9.97 Å². The quantitative estimate of drug-likeness (QED) is 0.585. The van der Waals surface area contributed by atoms with Crippen LogP contribution in [0.1, 0.15) is 5.82 Å². The molecule has 0 saturated heterocycles. The molecule has 0 radical (unpaired) electrons. The molecule has 0 unspecified atom stereocenters. The van der Waals surface area contributed by atoms with E-state index in [2.05, 4.69) is 20.6 Å². The van der Waals surface area contributed by atoms with Gasteiger partial charge < -0.3 is 15.5 Å². The van der Waals surface area contributed by atoms with E-state index in [9.17, 15) is 4.79 Å². The van der Waals surface area contributed by atoms with E-state index < -0.39 is 0 Å². The van der Waals surface area contributed by atoms with Crippen LogP contribution >= 0.6 is 11.8 Å². The minimum atomic E-state index is -0.151. The van der Waals surface area contributed by atoms with Crippen LogP contribution < -0.4 is 10.6 Å². The number of carbonyl (C=O) groups excluding carboxylic acids is 1. The molecule has 0 aliphatic carbocycles. The fourth-order valence-electron chi connectivity index (χ4n) is 2.06. The first kappa shape index (κ1) is 19.0. The van der Waals surface area contributed by atoms with E-state index >= 15 is 0 Å². The summed E-state index contributed by atoms with van der Waals surface area (Å²) in [5.74, 6) is 1.31. The van der Waals surface area contributed by atoms with Gasteiger partial charge in [-0.15, -0.1) is 11.8 Å². The SMILES string of the molecule is CSc1cnc(C)nc1Nc1cccc(NC(=O)/C=C/CN(C)C)c1. The first-order valence-electron chi connectivity index (χ1n) is 7.85. The van der Waals surface area contributed by atoms with Gasteiger partial charge in [0.1, 0.15) is 11.6 Å². The Balaban J connectivity index is 2.08. The van der Waals surface area contributed by atoms with E-state index in [0.717, 1.165) is 28.6 Å². The zero-order valence-corrected chi connectivity index (χ0v) is 15.7. The number of aryl methyl sites for hydroxylation is 1. The summed E-state index contributed by atoms with van der Waals surface area (Å²) in [7, 11) is 3.91. The van der Waals surface area contributed by atoms with Gasteiger partial charge in [0.2, 0.25) is 5.91 Å². The van der Waals surface area contributed by atoms with Crippen molar-refractivity contribution >= 4 is 34.9 Å². The summed E-state index contributed by atoms with van der Waals surface area (Å²) < 4.78 is 0. The van der Waals surface area contributed by atoms with Crippen LogP contribution in [0.3, 0.4) is 0 Å². The number of rotatable bonds is 7. The molecule has 7 heteroatoms. The van der Waals surface area contributed by atoms with Crippen LogP contribution in [0.2, 0.25) is 0 Å². The van der Waals surface area contributed by atoms with Crippen LogP contribution in [-0.2, 0) is 4.79 Å². The number of thioether (sulfide) groups is 1. The molecule has 0 saturated carbocycles. The molecule has 1 aromatic heterocycles. The van der Waals surface area contributed by atoms with Crippen molar-refractivity contribution in [1.29, 1.82) is 0 Å². The second-order valence-electron chi connectivity index (χ2n) is 5.69. The Labute approximate surface area is 152 Å². The van der Waals surface area contributed by atoms with E-state index in [1.54, 1.807) is 24.0 Å². The van der Waals surface area contributed by atoms with Gasteiger partial charge in [0.15, 0.2) is 0 Å². The number of amides is 1. The molecule has 2 aromatic rings. The van der Waals surface area contributed by atoms with Crippen molar-refractivity contribution in [3.05, 3.63) is 48.4 Å². The maximum atomic E-state index is 11.9. The summed E-state index contributed by atoms with van der Waals surface area (Å²) in [6, 6.07) is 7.54. The Morgan fingerprint density at radius 1 is 1.32 bits per heavy atom. The molecule has 0 bridgehead atoms.